The molecule has 2 N–H and O–H groups in total. The van der Waals surface area contributed by atoms with Crippen molar-refractivity contribution in [3.63, 3.8) is 0 Å². The lowest BCUT2D eigenvalue weighted by Crippen LogP contribution is -2.14. The predicted octanol–water partition coefficient (Wildman–Crippen LogP) is 2.30. The van der Waals surface area contributed by atoms with Gasteiger partial charge in [0, 0.05) is 18.4 Å². The minimum absolute atomic E-state index is 0.245. The van der Waals surface area contributed by atoms with E-state index in [0.29, 0.717) is 11.1 Å². The van der Waals surface area contributed by atoms with E-state index >= 15 is 0 Å². The molecule has 1 aliphatic rings. The van der Waals surface area contributed by atoms with E-state index in [4.69, 9.17) is 5.11 Å². The molecule has 1 aliphatic carbocycles. The predicted molar refractivity (Wildman–Crippen MR) is 61.8 cm³/mol. The summed E-state index contributed by atoms with van der Waals surface area (Å²) in [7, 11) is 0. The zero-order valence-corrected chi connectivity index (χ0v) is 9.58. The summed E-state index contributed by atoms with van der Waals surface area (Å²) in [5.74, 6) is -0.934. The third-order valence-electron chi connectivity index (χ3n) is 3.08. The number of carboxylic acids is 1. The molecule has 0 amide bonds. The molecule has 0 aromatic carbocycles. The van der Waals surface area contributed by atoms with Gasteiger partial charge in [0.2, 0.25) is 0 Å². The first kappa shape index (κ1) is 10.9. The van der Waals surface area contributed by atoms with Crippen LogP contribution in [0.3, 0.4) is 0 Å². The summed E-state index contributed by atoms with van der Waals surface area (Å²) in [4.78, 5) is 15.0. The molecule has 0 radical (unpaired) electrons. The van der Waals surface area contributed by atoms with Crippen LogP contribution in [0.1, 0.15) is 35.8 Å². The molecule has 4 nitrogen and oxygen atoms in total. The number of hydrogen-bond donors (Lipinski definition) is 2. The van der Waals surface area contributed by atoms with Crippen LogP contribution in [0.4, 0.5) is 5.69 Å². The number of pyridine rings is 1. The highest BCUT2D eigenvalue weighted by Crippen LogP contribution is 2.44. The van der Waals surface area contributed by atoms with E-state index in [-0.39, 0.29) is 5.56 Å². The Morgan fingerprint density at radius 2 is 2.31 bits per heavy atom. The topological polar surface area (TPSA) is 62.2 Å². The van der Waals surface area contributed by atoms with Crippen molar-refractivity contribution in [1.29, 1.82) is 0 Å². The average molecular weight is 220 g/mol. The van der Waals surface area contributed by atoms with Crippen LogP contribution in [0.5, 0.6) is 0 Å². The second-order valence-corrected chi connectivity index (χ2v) is 4.84. The molecule has 0 bridgehead atoms. The molecule has 0 atom stereocenters. The number of aromatic carboxylic acids is 1. The van der Waals surface area contributed by atoms with Crippen molar-refractivity contribution in [2.75, 3.05) is 11.9 Å². The Morgan fingerprint density at radius 1 is 1.62 bits per heavy atom. The maximum atomic E-state index is 11.0. The van der Waals surface area contributed by atoms with Crippen LogP contribution < -0.4 is 5.32 Å². The number of carbonyl (C=O) groups is 1. The maximum absolute atomic E-state index is 11.0. The van der Waals surface area contributed by atoms with Gasteiger partial charge in [-0.2, -0.15) is 0 Å². The van der Waals surface area contributed by atoms with Gasteiger partial charge in [0.05, 0.1) is 5.69 Å². The maximum Gasteiger partial charge on any atom is 0.339 e. The molecule has 0 saturated heterocycles. The molecule has 4 heteroatoms. The molecule has 16 heavy (non-hydrogen) atoms. The van der Waals surface area contributed by atoms with Gasteiger partial charge in [-0.1, -0.05) is 6.92 Å². The van der Waals surface area contributed by atoms with E-state index in [9.17, 15) is 4.79 Å². The zero-order valence-electron chi connectivity index (χ0n) is 9.58. The molecule has 1 aromatic heterocycles. The largest absolute Gasteiger partial charge is 0.478 e. The van der Waals surface area contributed by atoms with E-state index in [0.717, 1.165) is 12.2 Å². The molecule has 86 valence electrons. The van der Waals surface area contributed by atoms with Crippen molar-refractivity contribution < 1.29 is 9.90 Å². The van der Waals surface area contributed by atoms with E-state index in [1.54, 1.807) is 6.07 Å². The number of carboxylic acid groups (broad SMARTS) is 1. The molecule has 2 rings (SSSR count). The van der Waals surface area contributed by atoms with Gasteiger partial charge in [-0.3, -0.25) is 4.98 Å². The van der Waals surface area contributed by atoms with Crippen molar-refractivity contribution in [1.82, 2.24) is 4.98 Å². The molecule has 1 fully saturated rings. The average Bonchev–Trinajstić information content (AvgIpc) is 2.94. The lowest BCUT2D eigenvalue weighted by atomic mass is 10.1. The molecular formula is C12H16N2O2. The van der Waals surface area contributed by atoms with Crippen molar-refractivity contribution in [3.05, 3.63) is 23.5 Å². The first-order valence-corrected chi connectivity index (χ1v) is 5.44. The Bertz CT molecular complexity index is 425. The summed E-state index contributed by atoms with van der Waals surface area (Å²) >= 11 is 0. The lowest BCUT2D eigenvalue weighted by molar-refractivity contribution is 0.0697. The van der Waals surface area contributed by atoms with E-state index < -0.39 is 5.97 Å². The van der Waals surface area contributed by atoms with Crippen LogP contribution in [0.2, 0.25) is 0 Å². The van der Waals surface area contributed by atoms with Crippen LogP contribution >= 0.6 is 0 Å². The number of hydrogen-bond acceptors (Lipinski definition) is 3. The summed E-state index contributed by atoms with van der Waals surface area (Å²) in [6, 6.07) is 1.79. The first-order valence-electron chi connectivity index (χ1n) is 5.44. The molecule has 1 saturated carbocycles. The summed E-state index contributed by atoms with van der Waals surface area (Å²) in [6.45, 7) is 4.89. The quantitative estimate of drug-likeness (QED) is 0.817. The fourth-order valence-electron chi connectivity index (χ4n) is 1.58. The highest BCUT2D eigenvalue weighted by atomic mass is 16.4. The number of aryl methyl sites for hydroxylation is 1. The van der Waals surface area contributed by atoms with Gasteiger partial charge < -0.3 is 10.4 Å². The lowest BCUT2D eigenvalue weighted by Gasteiger charge is -2.13. The van der Waals surface area contributed by atoms with Crippen LogP contribution in [0, 0.1) is 12.3 Å². The Hall–Kier alpha value is -1.58. The van der Waals surface area contributed by atoms with Gasteiger partial charge in [0.1, 0.15) is 5.56 Å². The fourth-order valence-corrected chi connectivity index (χ4v) is 1.58. The molecule has 0 aliphatic heterocycles. The Labute approximate surface area is 94.7 Å². The zero-order chi connectivity index (χ0) is 11.8. The van der Waals surface area contributed by atoms with Crippen LogP contribution in [-0.4, -0.2) is 22.6 Å². The number of nitrogens with one attached hydrogen (secondary N) is 1. The molecular weight excluding hydrogens is 204 g/mol. The van der Waals surface area contributed by atoms with E-state index in [2.05, 4.69) is 17.2 Å². The van der Waals surface area contributed by atoms with Gasteiger partial charge in [0.15, 0.2) is 0 Å². The van der Waals surface area contributed by atoms with Crippen molar-refractivity contribution in [2.45, 2.75) is 26.7 Å². The van der Waals surface area contributed by atoms with Gasteiger partial charge in [-0.25, -0.2) is 4.79 Å². The number of anilines is 1. The number of nitrogens with zero attached hydrogens (tertiary/aromatic N) is 1. The fraction of sp³-hybridized carbons (Fsp3) is 0.500. The first-order chi connectivity index (χ1) is 7.50. The van der Waals surface area contributed by atoms with Gasteiger partial charge in [-0.15, -0.1) is 0 Å². The minimum Gasteiger partial charge on any atom is -0.478 e. The Morgan fingerprint density at radius 3 is 2.88 bits per heavy atom. The highest BCUT2D eigenvalue weighted by Gasteiger charge is 2.36. The third-order valence-corrected chi connectivity index (χ3v) is 3.08. The van der Waals surface area contributed by atoms with Crippen LogP contribution in [-0.2, 0) is 0 Å². The third kappa shape index (κ3) is 2.32. The highest BCUT2D eigenvalue weighted by molar-refractivity contribution is 5.93. The van der Waals surface area contributed by atoms with Crippen LogP contribution in [0.25, 0.3) is 0 Å². The molecule has 1 aromatic rings. The summed E-state index contributed by atoms with van der Waals surface area (Å²) in [6.07, 6.45) is 3.84. The van der Waals surface area contributed by atoms with Crippen molar-refractivity contribution >= 4 is 11.7 Å². The van der Waals surface area contributed by atoms with Gasteiger partial charge >= 0.3 is 5.97 Å². The van der Waals surface area contributed by atoms with Gasteiger partial charge in [0.25, 0.3) is 0 Å². The van der Waals surface area contributed by atoms with E-state index in [1.165, 1.54) is 19.0 Å². The summed E-state index contributed by atoms with van der Waals surface area (Å²) in [5, 5.41) is 12.2. The molecule has 0 unspecified atom stereocenters. The molecule has 0 spiro atoms. The summed E-state index contributed by atoms with van der Waals surface area (Å²) < 4.78 is 0. The SMILES string of the molecule is Cc1cc(NCC2(C)CC2)c(C(=O)O)cn1. The standard InChI is InChI=1S/C12H16N2O2/c1-8-5-10(9(6-13-8)11(15)16)14-7-12(2)3-4-12/h5-6H,3-4,7H2,1-2H3,(H,13,14)(H,15,16). The van der Waals surface area contributed by atoms with E-state index in [1.807, 2.05) is 6.92 Å². The normalized spacial score (nSPS) is 16.9. The van der Waals surface area contributed by atoms with Crippen molar-refractivity contribution in [3.8, 4) is 0 Å². The van der Waals surface area contributed by atoms with Crippen LogP contribution in [0.15, 0.2) is 12.3 Å². The second-order valence-electron chi connectivity index (χ2n) is 4.84. The van der Waals surface area contributed by atoms with Gasteiger partial charge in [-0.05, 0) is 31.2 Å². The minimum atomic E-state index is -0.934. The monoisotopic (exact) mass is 220 g/mol. The number of rotatable bonds is 4. The Kier molecular flexibility index (Phi) is 2.58. The summed E-state index contributed by atoms with van der Waals surface area (Å²) in [5.41, 5.74) is 2.10. The van der Waals surface area contributed by atoms with Crippen molar-refractivity contribution in [2.24, 2.45) is 5.41 Å². The number of aromatic nitrogens is 1. The second kappa shape index (κ2) is 3.77. The smallest absolute Gasteiger partial charge is 0.339 e. The Balaban J connectivity index is 2.16. The molecule has 1 heterocycles.